The number of carbonyl (C=O) groups is 1. The van der Waals surface area contributed by atoms with E-state index in [1.54, 1.807) is 29.2 Å². The number of carboxylic acid groups (broad SMARTS) is 1. The summed E-state index contributed by atoms with van der Waals surface area (Å²) >= 11 is 0. The number of aliphatic carboxylic acids is 1. The van der Waals surface area contributed by atoms with E-state index < -0.39 is 5.97 Å². The van der Waals surface area contributed by atoms with Gasteiger partial charge in [-0.05, 0) is 12.1 Å². The predicted octanol–water partition coefficient (Wildman–Crippen LogP) is 0.408. The lowest BCUT2D eigenvalue weighted by molar-refractivity contribution is -0.135. The molecule has 5 heteroatoms. The number of nitrogens with two attached hydrogens (primary N) is 1. The third-order valence-electron chi connectivity index (χ3n) is 2.09. The molecular weight excluding hydrogens is 206 g/mol. The van der Waals surface area contributed by atoms with Crippen molar-refractivity contribution in [2.45, 2.75) is 0 Å². The molecule has 0 saturated carbocycles. The first-order valence-corrected chi connectivity index (χ1v) is 4.85. The van der Waals surface area contributed by atoms with Crippen molar-refractivity contribution in [3.63, 3.8) is 0 Å². The van der Waals surface area contributed by atoms with Crippen LogP contribution in [0.2, 0.25) is 0 Å². The fourth-order valence-electron chi connectivity index (χ4n) is 1.45. The summed E-state index contributed by atoms with van der Waals surface area (Å²) in [6, 6.07) is 8.91. The highest BCUT2D eigenvalue weighted by atomic mass is 16.4. The molecule has 1 aromatic carbocycles. The fraction of sp³-hybridized carbons (Fsp3) is 0.273. The maximum absolute atomic E-state index is 10.7. The Morgan fingerprint density at radius 3 is 2.75 bits per heavy atom. The van der Waals surface area contributed by atoms with Gasteiger partial charge in [-0.3, -0.25) is 4.79 Å². The molecule has 0 bridgehead atoms. The molecule has 0 atom stereocenters. The molecule has 0 aliphatic carbocycles. The minimum absolute atomic E-state index is 0.157. The maximum Gasteiger partial charge on any atom is 0.323 e. The number of anilines is 1. The van der Waals surface area contributed by atoms with Crippen LogP contribution < -0.4 is 10.6 Å². The zero-order valence-electron chi connectivity index (χ0n) is 8.76. The van der Waals surface area contributed by atoms with Crippen LogP contribution in [-0.4, -0.2) is 30.7 Å². The topological polar surface area (TPSA) is 90.4 Å². The lowest BCUT2D eigenvalue weighted by atomic mass is 10.1. The standard InChI is InChI=1S/C11H13N3O2/c12-5-6-14(8-11(15)16)10-4-2-1-3-9(10)7-13/h1-4H,5-6,8,12H2,(H,15,16). The molecule has 0 spiro atoms. The van der Waals surface area contributed by atoms with Crippen LogP contribution in [0.5, 0.6) is 0 Å². The largest absolute Gasteiger partial charge is 0.480 e. The summed E-state index contributed by atoms with van der Waals surface area (Å²) in [5.41, 5.74) is 6.48. The summed E-state index contributed by atoms with van der Waals surface area (Å²) in [6.45, 7) is 0.591. The van der Waals surface area contributed by atoms with Crippen molar-refractivity contribution in [3.05, 3.63) is 29.8 Å². The van der Waals surface area contributed by atoms with Crippen molar-refractivity contribution in [1.29, 1.82) is 5.26 Å². The van der Waals surface area contributed by atoms with Crippen molar-refractivity contribution >= 4 is 11.7 Å². The lowest BCUT2D eigenvalue weighted by Gasteiger charge is -2.22. The number of nitriles is 1. The monoisotopic (exact) mass is 219 g/mol. The zero-order valence-corrected chi connectivity index (χ0v) is 8.76. The van der Waals surface area contributed by atoms with Gasteiger partial charge in [0.1, 0.15) is 12.6 Å². The van der Waals surface area contributed by atoms with Gasteiger partial charge in [-0.15, -0.1) is 0 Å². The lowest BCUT2D eigenvalue weighted by Crippen LogP contribution is -2.34. The van der Waals surface area contributed by atoms with Crippen molar-refractivity contribution in [1.82, 2.24) is 0 Å². The minimum Gasteiger partial charge on any atom is -0.480 e. The quantitative estimate of drug-likeness (QED) is 0.748. The van der Waals surface area contributed by atoms with Gasteiger partial charge in [0.05, 0.1) is 11.3 Å². The second-order valence-electron chi connectivity index (χ2n) is 3.23. The van der Waals surface area contributed by atoms with Crippen molar-refractivity contribution < 1.29 is 9.90 Å². The van der Waals surface area contributed by atoms with Crippen LogP contribution in [0.3, 0.4) is 0 Å². The van der Waals surface area contributed by atoms with Crippen LogP contribution in [0, 0.1) is 11.3 Å². The third-order valence-corrected chi connectivity index (χ3v) is 2.09. The molecule has 0 radical (unpaired) electrons. The summed E-state index contributed by atoms with van der Waals surface area (Å²) in [6.07, 6.45) is 0. The van der Waals surface area contributed by atoms with Gasteiger partial charge in [-0.25, -0.2) is 0 Å². The molecule has 5 nitrogen and oxygen atoms in total. The molecule has 0 aliphatic heterocycles. The first-order chi connectivity index (χ1) is 7.69. The van der Waals surface area contributed by atoms with Gasteiger partial charge >= 0.3 is 5.97 Å². The molecule has 1 rings (SSSR count). The number of para-hydroxylation sites is 1. The van der Waals surface area contributed by atoms with E-state index in [0.29, 0.717) is 24.3 Å². The third kappa shape index (κ3) is 2.97. The minimum atomic E-state index is -0.943. The summed E-state index contributed by atoms with van der Waals surface area (Å²) in [4.78, 5) is 12.3. The number of hydrogen-bond donors (Lipinski definition) is 2. The number of nitrogens with zero attached hydrogens (tertiary/aromatic N) is 2. The first-order valence-electron chi connectivity index (χ1n) is 4.85. The van der Waals surface area contributed by atoms with Crippen LogP contribution in [0.15, 0.2) is 24.3 Å². The van der Waals surface area contributed by atoms with E-state index in [1.807, 2.05) is 6.07 Å². The summed E-state index contributed by atoms with van der Waals surface area (Å²) < 4.78 is 0. The zero-order chi connectivity index (χ0) is 12.0. The van der Waals surface area contributed by atoms with Crippen molar-refractivity contribution in [2.75, 3.05) is 24.5 Å². The average molecular weight is 219 g/mol. The van der Waals surface area contributed by atoms with E-state index in [-0.39, 0.29) is 6.54 Å². The molecule has 0 fully saturated rings. The van der Waals surface area contributed by atoms with Crippen LogP contribution in [0.1, 0.15) is 5.56 Å². The molecule has 0 aromatic heterocycles. The Bertz CT molecular complexity index is 412. The van der Waals surface area contributed by atoms with E-state index in [0.717, 1.165) is 0 Å². The van der Waals surface area contributed by atoms with Gasteiger partial charge in [0.25, 0.3) is 0 Å². The molecule has 0 aliphatic rings. The van der Waals surface area contributed by atoms with E-state index in [2.05, 4.69) is 0 Å². The fourth-order valence-corrected chi connectivity index (χ4v) is 1.45. The first kappa shape index (κ1) is 12.0. The molecule has 84 valence electrons. The highest BCUT2D eigenvalue weighted by Crippen LogP contribution is 2.18. The van der Waals surface area contributed by atoms with Gasteiger partial charge < -0.3 is 15.7 Å². The Kier molecular flexibility index (Phi) is 4.30. The highest BCUT2D eigenvalue weighted by Gasteiger charge is 2.12. The van der Waals surface area contributed by atoms with E-state index >= 15 is 0 Å². The smallest absolute Gasteiger partial charge is 0.323 e. The van der Waals surface area contributed by atoms with Crippen molar-refractivity contribution in [2.24, 2.45) is 5.73 Å². The van der Waals surface area contributed by atoms with Crippen LogP contribution >= 0.6 is 0 Å². The van der Waals surface area contributed by atoms with E-state index in [1.165, 1.54) is 0 Å². The number of hydrogen-bond acceptors (Lipinski definition) is 4. The highest BCUT2D eigenvalue weighted by molar-refractivity contribution is 5.75. The molecule has 0 saturated heterocycles. The normalized spacial score (nSPS) is 9.50. The van der Waals surface area contributed by atoms with E-state index in [9.17, 15) is 4.79 Å². The Morgan fingerprint density at radius 1 is 1.50 bits per heavy atom. The molecule has 16 heavy (non-hydrogen) atoms. The number of benzene rings is 1. The molecular formula is C11H13N3O2. The van der Waals surface area contributed by atoms with Crippen LogP contribution in [-0.2, 0) is 4.79 Å². The number of rotatable bonds is 5. The van der Waals surface area contributed by atoms with Gasteiger partial charge in [0.15, 0.2) is 0 Å². The second-order valence-corrected chi connectivity index (χ2v) is 3.23. The number of carboxylic acids is 1. The molecule has 0 unspecified atom stereocenters. The van der Waals surface area contributed by atoms with Gasteiger partial charge in [0, 0.05) is 13.1 Å². The summed E-state index contributed by atoms with van der Waals surface area (Å²) in [5, 5.41) is 17.7. The Morgan fingerprint density at radius 2 is 2.19 bits per heavy atom. The van der Waals surface area contributed by atoms with Gasteiger partial charge in [-0.1, -0.05) is 12.1 Å². The Labute approximate surface area is 93.7 Å². The van der Waals surface area contributed by atoms with Gasteiger partial charge in [-0.2, -0.15) is 5.26 Å². The van der Waals surface area contributed by atoms with E-state index in [4.69, 9.17) is 16.1 Å². The molecule has 3 N–H and O–H groups in total. The predicted molar refractivity (Wildman–Crippen MR) is 60.1 cm³/mol. The Balaban J connectivity index is 3.00. The molecule has 0 amide bonds. The van der Waals surface area contributed by atoms with Gasteiger partial charge in [0.2, 0.25) is 0 Å². The van der Waals surface area contributed by atoms with Crippen LogP contribution in [0.25, 0.3) is 0 Å². The maximum atomic E-state index is 10.7. The van der Waals surface area contributed by atoms with Crippen molar-refractivity contribution in [3.8, 4) is 6.07 Å². The average Bonchev–Trinajstić information content (AvgIpc) is 2.28. The SMILES string of the molecule is N#Cc1ccccc1N(CCN)CC(=O)O. The summed E-state index contributed by atoms with van der Waals surface area (Å²) in [5.74, 6) is -0.943. The summed E-state index contributed by atoms with van der Waals surface area (Å²) in [7, 11) is 0. The molecule has 1 aromatic rings. The molecule has 0 heterocycles. The second kappa shape index (κ2) is 5.73. The van der Waals surface area contributed by atoms with Crippen LogP contribution in [0.4, 0.5) is 5.69 Å². The Hall–Kier alpha value is -2.06.